The van der Waals surface area contributed by atoms with E-state index in [1.165, 1.54) is 18.3 Å². The molecule has 1 unspecified atom stereocenters. The normalized spacial score (nSPS) is 17.0. The molecule has 2 aromatic rings. The van der Waals surface area contributed by atoms with Crippen molar-refractivity contribution in [1.82, 2.24) is 9.88 Å². The number of nitrogens with one attached hydrogen (secondary N) is 1. The van der Waals surface area contributed by atoms with Crippen LogP contribution in [0.1, 0.15) is 10.5 Å². The number of hydrogen-bond donors (Lipinski definition) is 1. The molecule has 1 atom stereocenters. The van der Waals surface area contributed by atoms with Gasteiger partial charge in [0.25, 0.3) is 11.8 Å². The van der Waals surface area contributed by atoms with Gasteiger partial charge in [0.05, 0.1) is 23.9 Å². The summed E-state index contributed by atoms with van der Waals surface area (Å²) in [6, 6.07) is 8.97. The molecule has 28 heavy (non-hydrogen) atoms. The van der Waals surface area contributed by atoms with Gasteiger partial charge in [0.2, 0.25) is 6.41 Å². The van der Waals surface area contributed by atoms with Crippen LogP contribution in [0.2, 0.25) is 5.02 Å². The van der Waals surface area contributed by atoms with Gasteiger partial charge >= 0.3 is 0 Å². The fraction of sp³-hybridized carbons (Fsp3) is 0.263. The molecular weight excluding hydrogens is 384 g/mol. The lowest BCUT2D eigenvalue weighted by Crippen LogP contribution is -2.53. The SMILES string of the molecule is CN1CCOCC1C(=O)N(C=O)c1ccc(NC(=O)c2ccccn2)cc1Cl. The molecule has 1 saturated heterocycles. The van der Waals surface area contributed by atoms with Crippen LogP contribution in [0.5, 0.6) is 0 Å². The number of benzene rings is 1. The highest BCUT2D eigenvalue weighted by Crippen LogP contribution is 2.29. The first-order valence-electron chi connectivity index (χ1n) is 8.59. The number of rotatable bonds is 5. The van der Waals surface area contributed by atoms with Gasteiger partial charge in [-0.3, -0.25) is 29.2 Å². The molecule has 1 aromatic heterocycles. The molecular formula is C19H19ClN4O4. The van der Waals surface area contributed by atoms with Crippen LogP contribution in [0.4, 0.5) is 11.4 Å². The van der Waals surface area contributed by atoms with Crippen molar-refractivity contribution >= 4 is 41.2 Å². The molecule has 9 heteroatoms. The van der Waals surface area contributed by atoms with Crippen LogP contribution in [0.3, 0.4) is 0 Å². The summed E-state index contributed by atoms with van der Waals surface area (Å²) in [5, 5.41) is 2.83. The van der Waals surface area contributed by atoms with E-state index in [0.717, 1.165) is 4.90 Å². The number of anilines is 2. The molecule has 8 nitrogen and oxygen atoms in total. The van der Waals surface area contributed by atoms with Crippen molar-refractivity contribution in [2.75, 3.05) is 37.0 Å². The van der Waals surface area contributed by atoms with E-state index in [2.05, 4.69) is 10.3 Å². The second kappa shape index (κ2) is 8.92. The third-order valence-corrected chi connectivity index (χ3v) is 4.69. The van der Waals surface area contributed by atoms with Gasteiger partial charge in [0.15, 0.2) is 0 Å². The summed E-state index contributed by atoms with van der Waals surface area (Å²) in [5.74, 6) is -0.821. The molecule has 1 aromatic carbocycles. The zero-order valence-electron chi connectivity index (χ0n) is 15.2. The Kier molecular flexibility index (Phi) is 6.35. The summed E-state index contributed by atoms with van der Waals surface area (Å²) < 4.78 is 5.35. The Labute approximate surface area is 167 Å². The van der Waals surface area contributed by atoms with Crippen LogP contribution in [-0.2, 0) is 14.3 Å². The fourth-order valence-corrected chi connectivity index (χ4v) is 3.08. The van der Waals surface area contributed by atoms with Crippen LogP contribution in [0, 0.1) is 0 Å². The predicted molar refractivity (Wildman–Crippen MR) is 104 cm³/mol. The highest BCUT2D eigenvalue weighted by Gasteiger charge is 2.32. The van der Waals surface area contributed by atoms with E-state index in [4.69, 9.17) is 16.3 Å². The fourth-order valence-electron chi connectivity index (χ4n) is 2.81. The number of imide groups is 1. The number of morpholine rings is 1. The van der Waals surface area contributed by atoms with Gasteiger partial charge in [-0.2, -0.15) is 0 Å². The summed E-state index contributed by atoms with van der Waals surface area (Å²) in [7, 11) is 1.80. The molecule has 0 radical (unpaired) electrons. The molecule has 1 aliphatic heterocycles. The van der Waals surface area contributed by atoms with Gasteiger partial charge < -0.3 is 10.1 Å². The standard InChI is InChI=1S/C19H19ClN4O4/c1-23-8-9-28-11-17(23)19(27)24(12-25)16-6-5-13(10-14(16)20)22-18(26)15-4-2-3-7-21-15/h2-7,10,12,17H,8-9,11H2,1H3,(H,22,26). The monoisotopic (exact) mass is 402 g/mol. The van der Waals surface area contributed by atoms with Crippen molar-refractivity contribution in [2.24, 2.45) is 0 Å². The van der Waals surface area contributed by atoms with Gasteiger partial charge in [-0.05, 0) is 37.4 Å². The minimum absolute atomic E-state index is 0.152. The molecule has 0 saturated carbocycles. The molecule has 146 valence electrons. The highest BCUT2D eigenvalue weighted by atomic mass is 35.5. The van der Waals surface area contributed by atoms with Crippen molar-refractivity contribution in [1.29, 1.82) is 0 Å². The third-order valence-electron chi connectivity index (χ3n) is 4.39. The van der Waals surface area contributed by atoms with Gasteiger partial charge in [0.1, 0.15) is 11.7 Å². The van der Waals surface area contributed by atoms with Gasteiger partial charge in [-0.25, -0.2) is 0 Å². The zero-order chi connectivity index (χ0) is 20.1. The number of likely N-dealkylation sites (N-methyl/N-ethyl adjacent to an activating group) is 1. The van der Waals surface area contributed by atoms with E-state index in [0.29, 0.717) is 25.2 Å². The van der Waals surface area contributed by atoms with E-state index in [1.807, 2.05) is 4.90 Å². The number of halogens is 1. The largest absolute Gasteiger partial charge is 0.378 e. The molecule has 3 amide bonds. The number of ether oxygens (including phenoxy) is 1. The van der Waals surface area contributed by atoms with Crippen LogP contribution in [-0.4, -0.2) is 61.0 Å². The Bertz CT molecular complexity index is 877. The number of carbonyl (C=O) groups excluding carboxylic acids is 3. The molecule has 2 heterocycles. The first-order chi connectivity index (χ1) is 13.5. The van der Waals surface area contributed by atoms with Gasteiger partial charge in [-0.1, -0.05) is 17.7 Å². The van der Waals surface area contributed by atoms with E-state index >= 15 is 0 Å². The number of aromatic nitrogens is 1. The summed E-state index contributed by atoms with van der Waals surface area (Å²) in [6.45, 7) is 1.33. The van der Waals surface area contributed by atoms with Crippen molar-refractivity contribution in [3.63, 3.8) is 0 Å². The number of amides is 3. The Morgan fingerprint density at radius 1 is 1.36 bits per heavy atom. The summed E-state index contributed by atoms with van der Waals surface area (Å²) in [6.07, 6.45) is 1.95. The van der Waals surface area contributed by atoms with E-state index < -0.39 is 17.9 Å². The van der Waals surface area contributed by atoms with Crippen LogP contribution >= 0.6 is 11.6 Å². The number of carbonyl (C=O) groups is 3. The molecule has 1 fully saturated rings. The van der Waals surface area contributed by atoms with Crippen molar-refractivity contribution in [3.05, 3.63) is 53.3 Å². The Hall–Kier alpha value is -2.81. The van der Waals surface area contributed by atoms with Crippen molar-refractivity contribution in [3.8, 4) is 0 Å². The maximum atomic E-state index is 12.8. The average Bonchev–Trinajstić information content (AvgIpc) is 2.71. The minimum atomic E-state index is -0.571. The number of hydrogen-bond acceptors (Lipinski definition) is 6. The molecule has 0 aliphatic carbocycles. The van der Waals surface area contributed by atoms with Crippen molar-refractivity contribution < 1.29 is 19.1 Å². The van der Waals surface area contributed by atoms with E-state index in [1.54, 1.807) is 31.3 Å². The maximum Gasteiger partial charge on any atom is 0.274 e. The maximum absolute atomic E-state index is 12.8. The molecule has 3 rings (SSSR count). The summed E-state index contributed by atoms with van der Waals surface area (Å²) >= 11 is 6.29. The second-order valence-corrected chi connectivity index (χ2v) is 6.63. The molecule has 1 aliphatic rings. The van der Waals surface area contributed by atoms with E-state index in [9.17, 15) is 14.4 Å². The summed E-state index contributed by atoms with van der Waals surface area (Å²) in [5.41, 5.74) is 0.907. The first-order valence-corrected chi connectivity index (χ1v) is 8.97. The second-order valence-electron chi connectivity index (χ2n) is 6.22. The van der Waals surface area contributed by atoms with Crippen molar-refractivity contribution in [2.45, 2.75) is 6.04 Å². The highest BCUT2D eigenvalue weighted by molar-refractivity contribution is 6.35. The topological polar surface area (TPSA) is 91.8 Å². The lowest BCUT2D eigenvalue weighted by Gasteiger charge is -2.33. The lowest BCUT2D eigenvalue weighted by molar-refractivity contribution is -0.130. The Morgan fingerprint density at radius 3 is 2.82 bits per heavy atom. The van der Waals surface area contributed by atoms with Crippen LogP contribution in [0.15, 0.2) is 42.6 Å². The smallest absolute Gasteiger partial charge is 0.274 e. The van der Waals surface area contributed by atoms with Crippen LogP contribution in [0.25, 0.3) is 0 Å². The molecule has 1 N–H and O–H groups in total. The third kappa shape index (κ3) is 4.36. The minimum Gasteiger partial charge on any atom is -0.378 e. The Morgan fingerprint density at radius 2 is 2.18 bits per heavy atom. The van der Waals surface area contributed by atoms with Gasteiger partial charge in [0, 0.05) is 18.4 Å². The van der Waals surface area contributed by atoms with E-state index in [-0.39, 0.29) is 23.0 Å². The molecule has 0 bridgehead atoms. The van der Waals surface area contributed by atoms with Gasteiger partial charge in [-0.15, -0.1) is 0 Å². The quantitative estimate of drug-likeness (QED) is 0.767. The summed E-state index contributed by atoms with van der Waals surface area (Å²) in [4.78, 5) is 43.3. The number of pyridine rings is 1. The Balaban J connectivity index is 1.77. The first kappa shape index (κ1) is 19.9. The number of nitrogens with zero attached hydrogens (tertiary/aromatic N) is 3. The predicted octanol–water partition coefficient (Wildman–Crippen LogP) is 1.81. The zero-order valence-corrected chi connectivity index (χ0v) is 15.9. The van der Waals surface area contributed by atoms with Crippen LogP contribution < -0.4 is 10.2 Å². The average molecular weight is 403 g/mol. The molecule has 0 spiro atoms. The lowest BCUT2D eigenvalue weighted by atomic mass is 10.2.